The van der Waals surface area contributed by atoms with E-state index in [0.717, 1.165) is 63.5 Å². The van der Waals surface area contributed by atoms with Crippen molar-refractivity contribution in [1.29, 1.82) is 0 Å². The number of carbonyl (C=O) groups excluding carboxylic acids is 1. The molecule has 0 aromatic heterocycles. The minimum Gasteiger partial charge on any atom is -0.495 e. The van der Waals surface area contributed by atoms with Crippen molar-refractivity contribution in [2.75, 3.05) is 57.8 Å². The SMILES string of the molecule is COc1ccccc1N1CCN(CC(=O)N2CCCCC2)CC1. The number of anilines is 1. The molecule has 2 heterocycles. The average Bonchev–Trinajstić information content (AvgIpc) is 2.63. The normalized spacial score (nSPS) is 19.7. The number of hydrogen-bond acceptors (Lipinski definition) is 4. The van der Waals surface area contributed by atoms with Crippen molar-refractivity contribution in [2.24, 2.45) is 0 Å². The van der Waals surface area contributed by atoms with Crippen LogP contribution in [0.25, 0.3) is 0 Å². The minimum atomic E-state index is 0.301. The molecule has 5 nitrogen and oxygen atoms in total. The quantitative estimate of drug-likeness (QED) is 0.849. The Hall–Kier alpha value is -1.75. The number of methoxy groups -OCH3 is 1. The van der Waals surface area contributed by atoms with E-state index in [1.54, 1.807) is 7.11 Å². The molecule has 0 spiro atoms. The van der Waals surface area contributed by atoms with Crippen LogP contribution < -0.4 is 9.64 Å². The molecule has 23 heavy (non-hydrogen) atoms. The third-order valence-electron chi connectivity index (χ3n) is 4.87. The molecule has 0 atom stereocenters. The van der Waals surface area contributed by atoms with Gasteiger partial charge in [0.1, 0.15) is 5.75 Å². The van der Waals surface area contributed by atoms with E-state index in [1.807, 2.05) is 23.1 Å². The van der Waals surface area contributed by atoms with E-state index in [9.17, 15) is 4.79 Å². The number of piperazine rings is 1. The van der Waals surface area contributed by atoms with Crippen LogP contribution in [0, 0.1) is 0 Å². The van der Waals surface area contributed by atoms with E-state index in [1.165, 1.54) is 6.42 Å². The molecule has 0 aliphatic carbocycles. The summed E-state index contributed by atoms with van der Waals surface area (Å²) in [6.07, 6.45) is 3.59. The zero-order valence-corrected chi connectivity index (χ0v) is 14.0. The standard InChI is InChI=1S/C18H27N3O2/c1-23-17-8-4-3-7-16(17)20-13-11-19(12-14-20)15-18(22)21-9-5-2-6-10-21/h3-4,7-8H,2,5-6,9-15H2,1H3. The molecule has 0 N–H and O–H groups in total. The van der Waals surface area contributed by atoms with Crippen molar-refractivity contribution in [3.8, 4) is 5.75 Å². The fourth-order valence-corrected chi connectivity index (χ4v) is 3.47. The van der Waals surface area contributed by atoms with Crippen molar-refractivity contribution < 1.29 is 9.53 Å². The maximum absolute atomic E-state index is 12.4. The lowest BCUT2D eigenvalue weighted by molar-refractivity contribution is -0.133. The summed E-state index contributed by atoms with van der Waals surface area (Å²) in [5.74, 6) is 1.22. The van der Waals surface area contributed by atoms with Gasteiger partial charge in [-0.25, -0.2) is 0 Å². The molecule has 0 radical (unpaired) electrons. The van der Waals surface area contributed by atoms with Crippen LogP contribution in [0.4, 0.5) is 5.69 Å². The molecule has 2 fully saturated rings. The Balaban J connectivity index is 1.51. The first-order chi connectivity index (χ1) is 11.3. The van der Waals surface area contributed by atoms with Crippen LogP contribution in [0.1, 0.15) is 19.3 Å². The summed E-state index contributed by atoms with van der Waals surface area (Å²) in [6, 6.07) is 8.15. The van der Waals surface area contributed by atoms with Gasteiger partial charge in [-0.3, -0.25) is 9.69 Å². The highest BCUT2D eigenvalue weighted by Crippen LogP contribution is 2.28. The average molecular weight is 317 g/mol. The van der Waals surface area contributed by atoms with E-state index in [0.29, 0.717) is 12.5 Å². The number of ether oxygens (including phenoxy) is 1. The Kier molecular flexibility index (Phi) is 5.39. The van der Waals surface area contributed by atoms with Gasteiger partial charge >= 0.3 is 0 Å². The van der Waals surface area contributed by atoms with Crippen molar-refractivity contribution in [3.05, 3.63) is 24.3 Å². The molecular formula is C18H27N3O2. The summed E-state index contributed by atoms with van der Waals surface area (Å²) < 4.78 is 5.45. The topological polar surface area (TPSA) is 36.0 Å². The molecule has 3 rings (SSSR count). The number of hydrogen-bond donors (Lipinski definition) is 0. The van der Waals surface area contributed by atoms with Gasteiger partial charge in [-0.15, -0.1) is 0 Å². The van der Waals surface area contributed by atoms with Crippen LogP contribution in [0.2, 0.25) is 0 Å². The lowest BCUT2D eigenvalue weighted by Crippen LogP contribution is -2.50. The highest BCUT2D eigenvalue weighted by molar-refractivity contribution is 5.78. The van der Waals surface area contributed by atoms with Gasteiger partial charge < -0.3 is 14.5 Å². The third kappa shape index (κ3) is 3.96. The van der Waals surface area contributed by atoms with Gasteiger partial charge in [-0.1, -0.05) is 12.1 Å². The molecule has 1 aromatic carbocycles. The number of likely N-dealkylation sites (tertiary alicyclic amines) is 1. The second kappa shape index (κ2) is 7.68. The first kappa shape index (κ1) is 16.1. The molecule has 2 saturated heterocycles. The van der Waals surface area contributed by atoms with Crippen LogP contribution in [0.5, 0.6) is 5.75 Å². The lowest BCUT2D eigenvalue weighted by Gasteiger charge is -2.37. The highest BCUT2D eigenvalue weighted by Gasteiger charge is 2.23. The number of nitrogens with zero attached hydrogens (tertiary/aromatic N) is 3. The zero-order chi connectivity index (χ0) is 16.1. The Labute approximate surface area is 138 Å². The summed E-state index contributed by atoms with van der Waals surface area (Å²) in [7, 11) is 1.71. The number of amides is 1. The predicted octanol–water partition coefficient (Wildman–Crippen LogP) is 1.83. The molecule has 0 bridgehead atoms. The van der Waals surface area contributed by atoms with Gasteiger partial charge in [0.2, 0.25) is 5.91 Å². The van der Waals surface area contributed by atoms with Crippen LogP contribution in [0.15, 0.2) is 24.3 Å². The maximum atomic E-state index is 12.4. The van der Waals surface area contributed by atoms with Crippen molar-refractivity contribution >= 4 is 11.6 Å². The summed E-state index contributed by atoms with van der Waals surface area (Å²) >= 11 is 0. The Morgan fingerprint density at radius 1 is 1.00 bits per heavy atom. The largest absolute Gasteiger partial charge is 0.495 e. The van der Waals surface area contributed by atoms with E-state index >= 15 is 0 Å². The number of benzene rings is 1. The van der Waals surface area contributed by atoms with Crippen molar-refractivity contribution in [2.45, 2.75) is 19.3 Å². The Bertz CT molecular complexity index is 521. The van der Waals surface area contributed by atoms with Crippen LogP contribution in [0.3, 0.4) is 0 Å². The fourth-order valence-electron chi connectivity index (χ4n) is 3.47. The van der Waals surface area contributed by atoms with E-state index in [-0.39, 0.29) is 0 Å². The van der Waals surface area contributed by atoms with Crippen molar-refractivity contribution in [3.63, 3.8) is 0 Å². The molecule has 1 aromatic rings. The molecule has 1 amide bonds. The van der Waals surface area contributed by atoms with Gasteiger partial charge in [0.05, 0.1) is 19.3 Å². The molecular weight excluding hydrogens is 290 g/mol. The van der Waals surface area contributed by atoms with E-state index in [4.69, 9.17) is 4.74 Å². The van der Waals surface area contributed by atoms with Gasteiger partial charge in [-0.2, -0.15) is 0 Å². The highest BCUT2D eigenvalue weighted by atomic mass is 16.5. The van der Waals surface area contributed by atoms with Gasteiger partial charge in [-0.05, 0) is 31.4 Å². The maximum Gasteiger partial charge on any atom is 0.236 e. The van der Waals surface area contributed by atoms with Crippen LogP contribution >= 0.6 is 0 Å². The molecule has 2 aliphatic heterocycles. The predicted molar refractivity (Wildman–Crippen MR) is 92.1 cm³/mol. The van der Waals surface area contributed by atoms with E-state index < -0.39 is 0 Å². The summed E-state index contributed by atoms with van der Waals surface area (Å²) in [5, 5.41) is 0. The smallest absolute Gasteiger partial charge is 0.236 e. The number of rotatable bonds is 4. The Morgan fingerprint density at radius 3 is 2.39 bits per heavy atom. The number of para-hydroxylation sites is 2. The molecule has 0 saturated carbocycles. The second-order valence-corrected chi connectivity index (χ2v) is 6.38. The molecule has 5 heteroatoms. The number of carbonyl (C=O) groups is 1. The van der Waals surface area contributed by atoms with Gasteiger partial charge in [0.25, 0.3) is 0 Å². The van der Waals surface area contributed by atoms with E-state index in [2.05, 4.69) is 15.9 Å². The van der Waals surface area contributed by atoms with Gasteiger partial charge in [0, 0.05) is 39.3 Å². The van der Waals surface area contributed by atoms with Crippen LogP contribution in [-0.2, 0) is 4.79 Å². The third-order valence-corrected chi connectivity index (χ3v) is 4.87. The lowest BCUT2D eigenvalue weighted by atomic mass is 10.1. The number of piperidine rings is 1. The van der Waals surface area contributed by atoms with Gasteiger partial charge in [0.15, 0.2) is 0 Å². The van der Waals surface area contributed by atoms with Crippen molar-refractivity contribution in [1.82, 2.24) is 9.80 Å². The summed E-state index contributed by atoms with van der Waals surface area (Å²) in [6.45, 7) is 6.19. The summed E-state index contributed by atoms with van der Waals surface area (Å²) in [4.78, 5) is 19.0. The minimum absolute atomic E-state index is 0.301. The summed E-state index contributed by atoms with van der Waals surface area (Å²) in [5.41, 5.74) is 1.15. The Morgan fingerprint density at radius 2 is 1.70 bits per heavy atom. The second-order valence-electron chi connectivity index (χ2n) is 6.38. The molecule has 0 unspecified atom stereocenters. The van der Waals surface area contributed by atoms with Crippen LogP contribution in [-0.4, -0.2) is 68.6 Å². The first-order valence-corrected chi connectivity index (χ1v) is 8.66. The monoisotopic (exact) mass is 317 g/mol. The first-order valence-electron chi connectivity index (χ1n) is 8.66. The fraction of sp³-hybridized carbons (Fsp3) is 0.611. The molecule has 126 valence electrons. The zero-order valence-electron chi connectivity index (χ0n) is 14.0. The molecule has 2 aliphatic rings.